The van der Waals surface area contributed by atoms with E-state index >= 15 is 0 Å². The number of benzene rings is 1. The molecule has 0 atom stereocenters. The second-order valence-electron chi connectivity index (χ2n) is 3.67. The van der Waals surface area contributed by atoms with E-state index in [4.69, 9.17) is 5.73 Å². The summed E-state index contributed by atoms with van der Waals surface area (Å²) in [4.78, 5) is 4.59. The van der Waals surface area contributed by atoms with E-state index in [9.17, 15) is 0 Å². The Balaban J connectivity index is 2.26. The summed E-state index contributed by atoms with van der Waals surface area (Å²) in [6.07, 6.45) is 2.59. The van der Waals surface area contributed by atoms with Gasteiger partial charge in [0.25, 0.3) is 0 Å². The molecule has 2 aromatic rings. The summed E-state index contributed by atoms with van der Waals surface area (Å²) in [5, 5.41) is 1.25. The van der Waals surface area contributed by atoms with E-state index in [0.717, 1.165) is 15.7 Å². The van der Waals surface area contributed by atoms with Crippen LogP contribution in [0, 0.1) is 0 Å². The molecule has 1 aromatic heterocycles. The molecule has 2 N–H and O–H groups in total. The quantitative estimate of drug-likeness (QED) is 0.804. The van der Waals surface area contributed by atoms with Crippen molar-refractivity contribution in [3.05, 3.63) is 21.6 Å². The van der Waals surface area contributed by atoms with Crippen LogP contribution in [-0.4, -0.2) is 4.98 Å². The third-order valence-electron chi connectivity index (χ3n) is 2.43. The number of nitrogens with two attached hydrogens (primary N) is 1. The van der Waals surface area contributed by atoms with Crippen LogP contribution >= 0.6 is 27.3 Å². The summed E-state index contributed by atoms with van der Waals surface area (Å²) >= 11 is 5.22. The summed E-state index contributed by atoms with van der Waals surface area (Å²) in [5.74, 6) is 0.713. The Morgan fingerprint density at radius 1 is 1.43 bits per heavy atom. The van der Waals surface area contributed by atoms with Gasteiger partial charge in [-0.25, -0.2) is 4.98 Å². The van der Waals surface area contributed by atoms with Crippen molar-refractivity contribution in [2.75, 3.05) is 5.73 Å². The zero-order valence-corrected chi connectivity index (χ0v) is 9.86. The summed E-state index contributed by atoms with van der Waals surface area (Å²) in [5.41, 5.74) is 7.65. The Labute approximate surface area is 94.3 Å². The van der Waals surface area contributed by atoms with E-state index in [2.05, 4.69) is 27.0 Å². The Bertz CT molecular complexity index is 502. The number of fused-ring (bicyclic) bond motifs is 1. The normalized spacial score (nSPS) is 16.4. The van der Waals surface area contributed by atoms with Gasteiger partial charge in [-0.1, -0.05) is 15.9 Å². The number of rotatable bonds is 1. The van der Waals surface area contributed by atoms with Crippen LogP contribution in [0.2, 0.25) is 0 Å². The standard InChI is InChI=1S/C10H9BrN2S/c11-6-3-7(12)9-8(4-6)14-10(13-9)5-1-2-5/h3-5H,1-2,12H2. The lowest BCUT2D eigenvalue weighted by Crippen LogP contribution is -1.86. The number of hydrogen-bond donors (Lipinski definition) is 1. The maximum Gasteiger partial charge on any atom is 0.104 e. The van der Waals surface area contributed by atoms with Crippen LogP contribution in [0.15, 0.2) is 16.6 Å². The molecule has 3 rings (SSSR count). The van der Waals surface area contributed by atoms with Crippen molar-refractivity contribution in [1.82, 2.24) is 4.98 Å². The summed E-state index contributed by atoms with van der Waals surface area (Å²) < 4.78 is 2.23. The van der Waals surface area contributed by atoms with Gasteiger partial charge in [0.2, 0.25) is 0 Å². The molecule has 1 saturated carbocycles. The minimum atomic E-state index is 0.713. The summed E-state index contributed by atoms with van der Waals surface area (Å²) in [6, 6.07) is 4.01. The second kappa shape index (κ2) is 2.94. The first-order chi connectivity index (χ1) is 6.74. The zero-order chi connectivity index (χ0) is 9.71. The lowest BCUT2D eigenvalue weighted by molar-refractivity contribution is 1.10. The van der Waals surface area contributed by atoms with Crippen molar-refractivity contribution in [3.63, 3.8) is 0 Å². The van der Waals surface area contributed by atoms with Crippen molar-refractivity contribution >= 4 is 43.2 Å². The molecule has 0 bridgehead atoms. The van der Waals surface area contributed by atoms with Crippen LogP contribution in [-0.2, 0) is 0 Å². The van der Waals surface area contributed by atoms with Gasteiger partial charge in [-0.05, 0) is 25.0 Å². The smallest absolute Gasteiger partial charge is 0.104 e. The maximum atomic E-state index is 5.91. The molecule has 72 valence electrons. The lowest BCUT2D eigenvalue weighted by Gasteiger charge is -1.94. The van der Waals surface area contributed by atoms with Gasteiger partial charge in [0.1, 0.15) is 5.52 Å². The molecule has 1 aromatic carbocycles. The van der Waals surface area contributed by atoms with Crippen LogP contribution in [0.1, 0.15) is 23.8 Å². The fraction of sp³-hybridized carbons (Fsp3) is 0.300. The van der Waals surface area contributed by atoms with Gasteiger partial charge in [-0.2, -0.15) is 0 Å². The van der Waals surface area contributed by atoms with Crippen molar-refractivity contribution in [3.8, 4) is 0 Å². The van der Waals surface area contributed by atoms with E-state index in [1.54, 1.807) is 11.3 Å². The van der Waals surface area contributed by atoms with Crippen molar-refractivity contribution in [1.29, 1.82) is 0 Å². The lowest BCUT2D eigenvalue weighted by atomic mass is 10.3. The molecule has 0 amide bonds. The number of thiazole rings is 1. The molecule has 1 aliphatic rings. The molecule has 1 fully saturated rings. The minimum Gasteiger partial charge on any atom is -0.397 e. The van der Waals surface area contributed by atoms with Gasteiger partial charge >= 0.3 is 0 Å². The molecule has 14 heavy (non-hydrogen) atoms. The molecule has 1 aliphatic carbocycles. The number of anilines is 1. The van der Waals surface area contributed by atoms with Gasteiger partial charge in [0.15, 0.2) is 0 Å². The largest absolute Gasteiger partial charge is 0.397 e. The summed E-state index contributed by atoms with van der Waals surface area (Å²) in [7, 11) is 0. The predicted octanol–water partition coefficient (Wildman–Crippen LogP) is 3.52. The van der Waals surface area contributed by atoms with Gasteiger partial charge in [0, 0.05) is 10.4 Å². The first kappa shape index (κ1) is 8.68. The van der Waals surface area contributed by atoms with Gasteiger partial charge in [-0.3, -0.25) is 0 Å². The number of aromatic nitrogens is 1. The molecule has 0 saturated heterocycles. The minimum absolute atomic E-state index is 0.713. The Kier molecular flexibility index (Phi) is 1.82. The SMILES string of the molecule is Nc1cc(Br)cc2sc(C3CC3)nc12. The van der Waals surface area contributed by atoms with Gasteiger partial charge in [-0.15, -0.1) is 11.3 Å². The number of hydrogen-bond acceptors (Lipinski definition) is 3. The van der Waals surface area contributed by atoms with Crippen molar-refractivity contribution in [2.24, 2.45) is 0 Å². The Hall–Kier alpha value is -0.610. The third kappa shape index (κ3) is 1.33. The monoisotopic (exact) mass is 268 g/mol. The second-order valence-corrected chi connectivity index (χ2v) is 5.65. The van der Waals surface area contributed by atoms with Crippen LogP contribution in [0.5, 0.6) is 0 Å². The van der Waals surface area contributed by atoms with E-state index in [1.165, 1.54) is 22.5 Å². The molecule has 2 nitrogen and oxygen atoms in total. The number of nitrogens with zero attached hydrogens (tertiary/aromatic N) is 1. The molecule has 4 heteroatoms. The molecule has 1 heterocycles. The molecule has 0 aliphatic heterocycles. The van der Waals surface area contributed by atoms with Crippen molar-refractivity contribution in [2.45, 2.75) is 18.8 Å². The number of halogens is 1. The molecular weight excluding hydrogens is 260 g/mol. The van der Waals surface area contributed by atoms with Gasteiger partial charge < -0.3 is 5.73 Å². The average molecular weight is 269 g/mol. The van der Waals surface area contributed by atoms with E-state index in [1.807, 2.05) is 6.07 Å². The first-order valence-corrected chi connectivity index (χ1v) is 6.20. The van der Waals surface area contributed by atoms with Crippen molar-refractivity contribution < 1.29 is 0 Å². The molecule has 0 radical (unpaired) electrons. The van der Waals surface area contributed by atoms with Crippen LogP contribution in [0.3, 0.4) is 0 Å². The van der Waals surface area contributed by atoms with Gasteiger partial charge in [0.05, 0.1) is 15.4 Å². The topological polar surface area (TPSA) is 38.9 Å². The van der Waals surface area contributed by atoms with Crippen LogP contribution < -0.4 is 5.73 Å². The van der Waals surface area contributed by atoms with E-state index in [-0.39, 0.29) is 0 Å². The predicted molar refractivity (Wildman–Crippen MR) is 63.7 cm³/mol. The Morgan fingerprint density at radius 2 is 2.21 bits per heavy atom. The van der Waals surface area contributed by atoms with Crippen LogP contribution in [0.4, 0.5) is 5.69 Å². The highest BCUT2D eigenvalue weighted by Gasteiger charge is 2.27. The summed E-state index contributed by atoms with van der Waals surface area (Å²) in [6.45, 7) is 0. The Morgan fingerprint density at radius 3 is 2.93 bits per heavy atom. The highest BCUT2D eigenvalue weighted by molar-refractivity contribution is 9.10. The fourth-order valence-electron chi connectivity index (χ4n) is 1.54. The highest BCUT2D eigenvalue weighted by atomic mass is 79.9. The molecule has 0 unspecified atom stereocenters. The zero-order valence-electron chi connectivity index (χ0n) is 7.46. The molecular formula is C10H9BrN2S. The van der Waals surface area contributed by atoms with E-state index < -0.39 is 0 Å². The first-order valence-electron chi connectivity index (χ1n) is 4.59. The number of nitrogen functional groups attached to an aromatic ring is 1. The maximum absolute atomic E-state index is 5.91. The average Bonchev–Trinajstić information content (AvgIpc) is 2.87. The van der Waals surface area contributed by atoms with E-state index in [0.29, 0.717) is 5.92 Å². The molecule has 0 spiro atoms. The van der Waals surface area contributed by atoms with Crippen LogP contribution in [0.25, 0.3) is 10.2 Å². The highest BCUT2D eigenvalue weighted by Crippen LogP contribution is 2.44. The third-order valence-corrected chi connectivity index (χ3v) is 4.06. The fourth-order valence-corrected chi connectivity index (χ4v) is 3.38.